The van der Waals surface area contributed by atoms with Crippen molar-refractivity contribution in [3.63, 3.8) is 0 Å². The average Bonchev–Trinajstić information content (AvgIpc) is 3.40. The van der Waals surface area contributed by atoms with Gasteiger partial charge in [0.15, 0.2) is 0 Å². The number of anilines is 3. The van der Waals surface area contributed by atoms with Crippen LogP contribution in [-0.4, -0.2) is 34.5 Å². The largest absolute Gasteiger partial charge is 0.326 e. The van der Waals surface area contributed by atoms with Crippen LogP contribution in [0.4, 0.5) is 16.5 Å². The van der Waals surface area contributed by atoms with Crippen molar-refractivity contribution < 1.29 is 14.4 Å². The zero-order chi connectivity index (χ0) is 23.5. The second-order valence-electron chi connectivity index (χ2n) is 8.32. The second kappa shape index (κ2) is 9.50. The van der Waals surface area contributed by atoms with Crippen LogP contribution in [0.3, 0.4) is 0 Å². The van der Waals surface area contributed by atoms with Gasteiger partial charge in [-0.1, -0.05) is 49.4 Å². The lowest BCUT2D eigenvalue weighted by molar-refractivity contribution is -0.119. The summed E-state index contributed by atoms with van der Waals surface area (Å²) in [5.74, 6) is -0.647. The predicted molar refractivity (Wildman–Crippen MR) is 129 cm³/mol. The molecular formula is C24H25N5O3S. The summed E-state index contributed by atoms with van der Waals surface area (Å²) in [5.41, 5.74) is 2.91. The van der Waals surface area contributed by atoms with Crippen LogP contribution in [0.25, 0.3) is 0 Å². The average molecular weight is 464 g/mol. The minimum absolute atomic E-state index is 0.0512. The number of aromatic nitrogens is 2. The number of rotatable bonds is 6. The lowest BCUT2D eigenvalue weighted by Gasteiger charge is -2.18. The Bertz CT molecular complexity index is 1210. The molecule has 1 unspecified atom stereocenters. The van der Waals surface area contributed by atoms with Gasteiger partial charge in [0.2, 0.25) is 16.9 Å². The van der Waals surface area contributed by atoms with E-state index in [0.717, 1.165) is 11.3 Å². The highest BCUT2D eigenvalue weighted by atomic mass is 32.1. The molecule has 1 aliphatic rings. The fourth-order valence-corrected chi connectivity index (χ4v) is 4.45. The zero-order valence-electron chi connectivity index (χ0n) is 18.7. The zero-order valence-corrected chi connectivity index (χ0v) is 19.5. The molecule has 3 aromatic rings. The van der Waals surface area contributed by atoms with Gasteiger partial charge in [0.1, 0.15) is 5.01 Å². The van der Waals surface area contributed by atoms with Gasteiger partial charge in [0.05, 0.1) is 0 Å². The summed E-state index contributed by atoms with van der Waals surface area (Å²) in [7, 11) is 0. The fourth-order valence-electron chi connectivity index (χ4n) is 3.62. The summed E-state index contributed by atoms with van der Waals surface area (Å²) in [6.07, 6.45) is 0.356. The molecular weight excluding hydrogens is 438 g/mol. The summed E-state index contributed by atoms with van der Waals surface area (Å²) >= 11 is 1.27. The molecule has 2 heterocycles. The second-order valence-corrected chi connectivity index (χ2v) is 9.33. The van der Waals surface area contributed by atoms with Gasteiger partial charge >= 0.3 is 0 Å². The monoisotopic (exact) mass is 463 g/mol. The SMILES string of the molecule is Cc1ccccc1N1CC(c2nnc(NC(=O)c3cccc(NC(=O)C(C)C)c3)s2)CC1=O. The van der Waals surface area contributed by atoms with Crippen LogP contribution in [0.15, 0.2) is 48.5 Å². The maximum Gasteiger partial charge on any atom is 0.257 e. The van der Waals surface area contributed by atoms with E-state index in [4.69, 9.17) is 0 Å². The molecule has 170 valence electrons. The Morgan fingerprint density at radius 2 is 1.88 bits per heavy atom. The predicted octanol–water partition coefficient (Wildman–Crippen LogP) is 4.21. The highest BCUT2D eigenvalue weighted by Gasteiger charge is 2.34. The molecule has 0 saturated carbocycles. The third-order valence-corrected chi connectivity index (χ3v) is 6.46. The van der Waals surface area contributed by atoms with E-state index in [1.807, 2.05) is 31.2 Å². The van der Waals surface area contributed by atoms with Gasteiger partial charge in [-0.15, -0.1) is 10.2 Å². The maximum atomic E-state index is 12.7. The third-order valence-electron chi connectivity index (χ3n) is 5.46. The van der Waals surface area contributed by atoms with Crippen molar-refractivity contribution in [2.24, 2.45) is 5.92 Å². The summed E-state index contributed by atoms with van der Waals surface area (Å²) in [6, 6.07) is 14.5. The first-order valence-electron chi connectivity index (χ1n) is 10.7. The molecule has 1 aromatic heterocycles. The molecule has 33 heavy (non-hydrogen) atoms. The number of amides is 3. The number of benzene rings is 2. The Kier molecular flexibility index (Phi) is 6.50. The third kappa shape index (κ3) is 5.09. The van der Waals surface area contributed by atoms with Crippen molar-refractivity contribution in [1.29, 1.82) is 0 Å². The summed E-state index contributed by atoms with van der Waals surface area (Å²) < 4.78 is 0. The van der Waals surface area contributed by atoms with E-state index in [0.29, 0.717) is 34.4 Å². The molecule has 3 amide bonds. The van der Waals surface area contributed by atoms with Crippen LogP contribution in [0.2, 0.25) is 0 Å². The molecule has 2 aromatic carbocycles. The minimum Gasteiger partial charge on any atom is -0.326 e. The number of hydrogen-bond acceptors (Lipinski definition) is 6. The van der Waals surface area contributed by atoms with E-state index < -0.39 is 0 Å². The first-order valence-corrected chi connectivity index (χ1v) is 11.5. The van der Waals surface area contributed by atoms with E-state index in [1.54, 1.807) is 43.0 Å². The molecule has 1 fully saturated rings. The number of hydrogen-bond donors (Lipinski definition) is 2. The van der Waals surface area contributed by atoms with Gasteiger partial charge in [-0.05, 0) is 36.8 Å². The van der Waals surface area contributed by atoms with Crippen LogP contribution in [0.1, 0.15) is 47.1 Å². The summed E-state index contributed by atoms with van der Waals surface area (Å²) in [6.45, 7) is 6.12. The van der Waals surface area contributed by atoms with Gasteiger partial charge < -0.3 is 10.2 Å². The molecule has 0 aliphatic carbocycles. The van der Waals surface area contributed by atoms with Crippen LogP contribution in [-0.2, 0) is 9.59 Å². The Hall–Kier alpha value is -3.59. The van der Waals surface area contributed by atoms with Gasteiger partial charge in [0, 0.05) is 41.7 Å². The van der Waals surface area contributed by atoms with E-state index in [-0.39, 0.29) is 29.6 Å². The van der Waals surface area contributed by atoms with E-state index in [2.05, 4.69) is 20.8 Å². The van der Waals surface area contributed by atoms with E-state index in [1.165, 1.54) is 11.3 Å². The Morgan fingerprint density at radius 1 is 1.09 bits per heavy atom. The van der Waals surface area contributed by atoms with Gasteiger partial charge in [0.25, 0.3) is 5.91 Å². The molecule has 1 atom stereocenters. The van der Waals surface area contributed by atoms with Crippen molar-refractivity contribution in [1.82, 2.24) is 10.2 Å². The molecule has 2 N–H and O–H groups in total. The number of nitrogens with one attached hydrogen (secondary N) is 2. The van der Waals surface area contributed by atoms with Crippen molar-refractivity contribution in [3.05, 3.63) is 64.7 Å². The van der Waals surface area contributed by atoms with E-state index >= 15 is 0 Å². The number of nitrogens with zero attached hydrogens (tertiary/aromatic N) is 3. The smallest absolute Gasteiger partial charge is 0.257 e. The normalized spacial score (nSPS) is 15.7. The lowest BCUT2D eigenvalue weighted by atomic mass is 10.1. The Balaban J connectivity index is 1.42. The van der Waals surface area contributed by atoms with Crippen molar-refractivity contribution in [3.8, 4) is 0 Å². The number of carbonyl (C=O) groups is 3. The molecule has 0 spiro atoms. The van der Waals surface area contributed by atoms with Crippen LogP contribution in [0, 0.1) is 12.8 Å². The minimum atomic E-state index is -0.345. The van der Waals surface area contributed by atoms with Crippen molar-refractivity contribution in [2.75, 3.05) is 22.1 Å². The molecule has 0 radical (unpaired) electrons. The molecule has 1 aliphatic heterocycles. The van der Waals surface area contributed by atoms with Gasteiger partial charge in [-0.3, -0.25) is 19.7 Å². The van der Waals surface area contributed by atoms with Crippen molar-refractivity contribution in [2.45, 2.75) is 33.1 Å². The standard InChI is InChI=1S/C24H25N5O3S/c1-14(2)21(31)25-18-9-6-8-16(11-18)22(32)26-24-28-27-23(33-24)17-12-20(30)29(13-17)19-10-5-4-7-15(19)3/h4-11,14,17H,12-13H2,1-3H3,(H,25,31)(H,26,28,32). The summed E-state index contributed by atoms with van der Waals surface area (Å²) in [5, 5.41) is 15.0. The van der Waals surface area contributed by atoms with Crippen LogP contribution >= 0.6 is 11.3 Å². The molecule has 4 rings (SSSR count). The van der Waals surface area contributed by atoms with Gasteiger partial charge in [-0.2, -0.15) is 0 Å². The molecule has 0 bridgehead atoms. The highest BCUT2D eigenvalue weighted by Crippen LogP contribution is 2.35. The maximum absolute atomic E-state index is 12.7. The molecule has 9 heteroatoms. The topological polar surface area (TPSA) is 104 Å². The van der Waals surface area contributed by atoms with Gasteiger partial charge in [-0.25, -0.2) is 0 Å². The molecule has 8 nitrogen and oxygen atoms in total. The fraction of sp³-hybridized carbons (Fsp3) is 0.292. The Morgan fingerprint density at radius 3 is 2.64 bits per heavy atom. The summed E-state index contributed by atoms with van der Waals surface area (Å²) in [4.78, 5) is 39.0. The Labute approximate surface area is 196 Å². The first-order chi connectivity index (χ1) is 15.8. The first kappa shape index (κ1) is 22.6. The lowest BCUT2D eigenvalue weighted by Crippen LogP contribution is -2.25. The molecule has 1 saturated heterocycles. The van der Waals surface area contributed by atoms with Crippen LogP contribution < -0.4 is 15.5 Å². The number of carbonyl (C=O) groups excluding carboxylic acids is 3. The quantitative estimate of drug-likeness (QED) is 0.570. The van der Waals surface area contributed by atoms with Crippen LogP contribution in [0.5, 0.6) is 0 Å². The number of aryl methyl sites for hydroxylation is 1. The highest BCUT2D eigenvalue weighted by molar-refractivity contribution is 7.15. The van der Waals surface area contributed by atoms with Crippen molar-refractivity contribution >= 4 is 45.6 Å². The number of para-hydroxylation sites is 1. The van der Waals surface area contributed by atoms with E-state index in [9.17, 15) is 14.4 Å².